The minimum atomic E-state index is 0.0650. The molecule has 0 saturated heterocycles. The van der Waals surface area contributed by atoms with Crippen molar-refractivity contribution in [3.63, 3.8) is 0 Å². The maximum Gasteiger partial charge on any atom is 0.122 e. The number of rotatable bonds is 5. The van der Waals surface area contributed by atoms with E-state index in [1.54, 1.807) is 6.26 Å². The van der Waals surface area contributed by atoms with E-state index in [-0.39, 0.29) is 12.1 Å². The van der Waals surface area contributed by atoms with Crippen LogP contribution in [-0.2, 0) is 0 Å². The second kappa shape index (κ2) is 5.33. The van der Waals surface area contributed by atoms with E-state index < -0.39 is 0 Å². The lowest BCUT2D eigenvalue weighted by molar-refractivity contribution is 0.142. The van der Waals surface area contributed by atoms with Crippen molar-refractivity contribution in [3.8, 4) is 0 Å². The van der Waals surface area contributed by atoms with E-state index >= 15 is 0 Å². The predicted octanol–water partition coefficient (Wildman–Crippen LogP) is 2.40. The summed E-state index contributed by atoms with van der Waals surface area (Å²) in [6.07, 6.45) is 2.82. The van der Waals surface area contributed by atoms with Crippen LogP contribution in [0.5, 0.6) is 0 Å². The quantitative estimate of drug-likeness (QED) is 0.811. The first-order valence-electron chi connectivity index (χ1n) is 5.58. The van der Waals surface area contributed by atoms with Gasteiger partial charge in [-0.3, -0.25) is 4.90 Å². The summed E-state index contributed by atoms with van der Waals surface area (Å²) in [5.41, 5.74) is 6.02. The Morgan fingerprint density at radius 2 is 2.13 bits per heavy atom. The van der Waals surface area contributed by atoms with Gasteiger partial charge in [0.15, 0.2) is 0 Å². The van der Waals surface area contributed by atoms with Gasteiger partial charge in [-0.2, -0.15) is 0 Å². The standard InChI is InChI=1S/C12H22N2O/c1-5-9(2)14(4)12(10(3)13)11-7-6-8-15-11/h6-10,12H,5,13H2,1-4H3. The Morgan fingerprint density at radius 3 is 2.53 bits per heavy atom. The zero-order valence-corrected chi connectivity index (χ0v) is 10.1. The molecule has 3 atom stereocenters. The van der Waals surface area contributed by atoms with Gasteiger partial charge >= 0.3 is 0 Å². The molecule has 1 aromatic heterocycles. The van der Waals surface area contributed by atoms with Crippen LogP contribution < -0.4 is 5.73 Å². The van der Waals surface area contributed by atoms with Crippen molar-refractivity contribution in [2.75, 3.05) is 7.05 Å². The summed E-state index contributed by atoms with van der Waals surface area (Å²) in [4.78, 5) is 2.28. The summed E-state index contributed by atoms with van der Waals surface area (Å²) in [7, 11) is 2.10. The lowest BCUT2D eigenvalue weighted by Gasteiger charge is -2.33. The van der Waals surface area contributed by atoms with Crippen LogP contribution in [-0.4, -0.2) is 24.0 Å². The first-order valence-corrected chi connectivity index (χ1v) is 5.58. The largest absolute Gasteiger partial charge is 0.468 e. The molecule has 0 aliphatic heterocycles. The van der Waals surface area contributed by atoms with Crippen molar-refractivity contribution in [1.82, 2.24) is 4.90 Å². The van der Waals surface area contributed by atoms with Gasteiger partial charge in [-0.25, -0.2) is 0 Å². The third-order valence-corrected chi connectivity index (χ3v) is 3.06. The summed E-state index contributed by atoms with van der Waals surface area (Å²) in [5.74, 6) is 0.952. The molecule has 0 radical (unpaired) electrons. The maximum absolute atomic E-state index is 6.02. The molecule has 3 heteroatoms. The molecule has 0 saturated carbocycles. The lowest BCUT2D eigenvalue weighted by Crippen LogP contribution is -2.41. The Kier molecular flexibility index (Phi) is 4.36. The number of furan rings is 1. The Labute approximate surface area is 92.2 Å². The van der Waals surface area contributed by atoms with E-state index in [0.29, 0.717) is 6.04 Å². The second-order valence-corrected chi connectivity index (χ2v) is 4.24. The van der Waals surface area contributed by atoms with Crippen LogP contribution in [0.25, 0.3) is 0 Å². The van der Waals surface area contributed by atoms with E-state index in [1.165, 1.54) is 0 Å². The highest BCUT2D eigenvalue weighted by molar-refractivity contribution is 5.07. The smallest absolute Gasteiger partial charge is 0.122 e. The van der Waals surface area contributed by atoms with E-state index in [1.807, 2.05) is 19.1 Å². The fourth-order valence-electron chi connectivity index (χ4n) is 1.85. The van der Waals surface area contributed by atoms with Crippen LogP contribution in [0.3, 0.4) is 0 Å². The Balaban J connectivity index is 2.84. The van der Waals surface area contributed by atoms with Gasteiger partial charge in [-0.1, -0.05) is 6.92 Å². The summed E-state index contributed by atoms with van der Waals surface area (Å²) in [5, 5.41) is 0. The van der Waals surface area contributed by atoms with E-state index in [4.69, 9.17) is 10.2 Å². The molecule has 3 unspecified atom stereocenters. The summed E-state index contributed by atoms with van der Waals surface area (Å²) >= 11 is 0. The SMILES string of the molecule is CCC(C)N(C)C(c1ccco1)C(C)N. The molecule has 0 bridgehead atoms. The van der Waals surface area contributed by atoms with Crippen LogP contribution in [0, 0.1) is 0 Å². The first kappa shape index (κ1) is 12.3. The minimum absolute atomic E-state index is 0.0650. The van der Waals surface area contributed by atoms with Crippen molar-refractivity contribution < 1.29 is 4.42 Å². The molecule has 1 aromatic rings. The third-order valence-electron chi connectivity index (χ3n) is 3.06. The molecule has 86 valence electrons. The summed E-state index contributed by atoms with van der Waals surface area (Å²) in [6, 6.07) is 4.64. The van der Waals surface area contributed by atoms with E-state index in [2.05, 4.69) is 25.8 Å². The van der Waals surface area contributed by atoms with Crippen molar-refractivity contribution in [2.24, 2.45) is 5.73 Å². The monoisotopic (exact) mass is 210 g/mol. The number of hydrogen-bond donors (Lipinski definition) is 1. The molecule has 1 rings (SSSR count). The van der Waals surface area contributed by atoms with Crippen LogP contribution >= 0.6 is 0 Å². The number of nitrogens with zero attached hydrogens (tertiary/aromatic N) is 1. The van der Waals surface area contributed by atoms with Crippen LogP contribution in [0.2, 0.25) is 0 Å². The maximum atomic E-state index is 6.02. The Hall–Kier alpha value is -0.800. The predicted molar refractivity (Wildman–Crippen MR) is 62.6 cm³/mol. The molecule has 0 spiro atoms. The topological polar surface area (TPSA) is 42.4 Å². The van der Waals surface area contributed by atoms with E-state index in [9.17, 15) is 0 Å². The molecule has 0 amide bonds. The van der Waals surface area contributed by atoms with Gasteiger partial charge in [0, 0.05) is 12.1 Å². The highest BCUT2D eigenvalue weighted by atomic mass is 16.3. The van der Waals surface area contributed by atoms with Crippen molar-refractivity contribution >= 4 is 0 Å². The highest BCUT2D eigenvalue weighted by Crippen LogP contribution is 2.25. The third kappa shape index (κ3) is 2.83. The Bertz CT molecular complexity index is 269. The van der Waals surface area contributed by atoms with Crippen LogP contribution in [0.4, 0.5) is 0 Å². The normalized spacial score (nSPS) is 17.7. The minimum Gasteiger partial charge on any atom is -0.468 e. The summed E-state index contributed by atoms with van der Waals surface area (Å²) < 4.78 is 5.45. The average molecular weight is 210 g/mol. The average Bonchev–Trinajstić information content (AvgIpc) is 2.69. The number of hydrogen-bond acceptors (Lipinski definition) is 3. The number of nitrogens with two attached hydrogens (primary N) is 1. The molecule has 2 N–H and O–H groups in total. The van der Waals surface area contributed by atoms with Crippen molar-refractivity contribution in [2.45, 2.75) is 45.3 Å². The fraction of sp³-hybridized carbons (Fsp3) is 0.667. The molecule has 0 aliphatic rings. The summed E-state index contributed by atoms with van der Waals surface area (Å²) in [6.45, 7) is 6.41. The molecular formula is C12H22N2O. The molecule has 3 nitrogen and oxygen atoms in total. The second-order valence-electron chi connectivity index (χ2n) is 4.24. The van der Waals surface area contributed by atoms with Crippen molar-refractivity contribution in [3.05, 3.63) is 24.2 Å². The molecule has 15 heavy (non-hydrogen) atoms. The molecular weight excluding hydrogens is 188 g/mol. The van der Waals surface area contributed by atoms with Gasteiger partial charge in [0.2, 0.25) is 0 Å². The number of likely N-dealkylation sites (N-methyl/N-ethyl adjacent to an activating group) is 1. The zero-order chi connectivity index (χ0) is 11.4. The van der Waals surface area contributed by atoms with Gasteiger partial charge in [-0.05, 0) is 39.4 Å². The molecule has 0 aromatic carbocycles. The lowest BCUT2D eigenvalue weighted by atomic mass is 10.0. The van der Waals surface area contributed by atoms with Gasteiger partial charge in [0.25, 0.3) is 0 Å². The Morgan fingerprint density at radius 1 is 1.47 bits per heavy atom. The van der Waals surface area contributed by atoms with Gasteiger partial charge < -0.3 is 10.2 Å². The van der Waals surface area contributed by atoms with Crippen molar-refractivity contribution in [1.29, 1.82) is 0 Å². The molecule has 0 fully saturated rings. The molecule has 0 aliphatic carbocycles. The fourth-order valence-corrected chi connectivity index (χ4v) is 1.85. The zero-order valence-electron chi connectivity index (χ0n) is 10.1. The van der Waals surface area contributed by atoms with Crippen LogP contribution in [0.1, 0.15) is 39.0 Å². The van der Waals surface area contributed by atoms with Crippen LogP contribution in [0.15, 0.2) is 22.8 Å². The first-order chi connectivity index (χ1) is 7.07. The highest BCUT2D eigenvalue weighted by Gasteiger charge is 2.26. The van der Waals surface area contributed by atoms with E-state index in [0.717, 1.165) is 12.2 Å². The van der Waals surface area contributed by atoms with Gasteiger partial charge in [0.05, 0.1) is 12.3 Å². The van der Waals surface area contributed by atoms with Gasteiger partial charge in [0.1, 0.15) is 5.76 Å². The van der Waals surface area contributed by atoms with Gasteiger partial charge in [-0.15, -0.1) is 0 Å². The molecule has 1 heterocycles.